The summed E-state index contributed by atoms with van der Waals surface area (Å²) in [5, 5.41) is 14.1. The van der Waals surface area contributed by atoms with Crippen LogP contribution in [0.25, 0.3) is 16.9 Å². The lowest BCUT2D eigenvalue weighted by Crippen LogP contribution is -2.22. The number of benzene rings is 1. The van der Waals surface area contributed by atoms with Gasteiger partial charge in [-0.15, -0.1) is 21.5 Å². The van der Waals surface area contributed by atoms with E-state index in [1.807, 2.05) is 41.1 Å². The lowest BCUT2D eigenvalue weighted by molar-refractivity contribution is -0.115. The molecule has 0 aliphatic heterocycles. The van der Waals surface area contributed by atoms with E-state index in [-0.39, 0.29) is 11.2 Å². The highest BCUT2D eigenvalue weighted by Gasteiger charge is 2.19. The largest absolute Gasteiger partial charge is 0.301 e. The van der Waals surface area contributed by atoms with E-state index in [0.29, 0.717) is 10.3 Å². The van der Waals surface area contributed by atoms with Crippen molar-refractivity contribution in [3.8, 4) is 11.3 Å². The van der Waals surface area contributed by atoms with Crippen molar-refractivity contribution in [3.05, 3.63) is 59.6 Å². The maximum absolute atomic E-state index is 12.6. The molecule has 4 rings (SSSR count). The molecule has 142 valence electrons. The SMILES string of the molecule is CCc1ccc(-c2csc(NC(=O)[C@H](C)Sc3nnc4ccccn34)n2)cc1. The molecule has 0 aliphatic carbocycles. The molecule has 4 aromatic rings. The minimum absolute atomic E-state index is 0.111. The van der Waals surface area contributed by atoms with Gasteiger partial charge in [0.05, 0.1) is 10.9 Å². The number of hydrogen-bond donors (Lipinski definition) is 1. The summed E-state index contributed by atoms with van der Waals surface area (Å²) in [6.45, 7) is 3.98. The first-order chi connectivity index (χ1) is 13.6. The van der Waals surface area contributed by atoms with E-state index >= 15 is 0 Å². The first kappa shape index (κ1) is 18.6. The minimum Gasteiger partial charge on any atom is -0.301 e. The smallest absolute Gasteiger partial charge is 0.239 e. The monoisotopic (exact) mass is 409 g/mol. The van der Waals surface area contributed by atoms with Crippen molar-refractivity contribution < 1.29 is 4.79 Å². The van der Waals surface area contributed by atoms with Crippen LogP contribution in [0.1, 0.15) is 19.4 Å². The molecule has 1 aromatic carbocycles. The second kappa shape index (κ2) is 8.12. The second-order valence-corrected chi connectivity index (χ2v) is 8.42. The maximum Gasteiger partial charge on any atom is 0.239 e. The van der Waals surface area contributed by atoms with Crippen LogP contribution in [-0.2, 0) is 11.2 Å². The van der Waals surface area contributed by atoms with Gasteiger partial charge in [-0.1, -0.05) is 49.0 Å². The third kappa shape index (κ3) is 3.93. The van der Waals surface area contributed by atoms with Crippen LogP contribution in [0.15, 0.2) is 59.2 Å². The lowest BCUT2D eigenvalue weighted by atomic mass is 10.1. The van der Waals surface area contributed by atoms with E-state index in [2.05, 4.69) is 51.7 Å². The molecule has 0 unspecified atom stereocenters. The summed E-state index contributed by atoms with van der Waals surface area (Å²) >= 11 is 2.79. The van der Waals surface area contributed by atoms with Crippen LogP contribution in [0.4, 0.5) is 5.13 Å². The van der Waals surface area contributed by atoms with Crippen molar-refractivity contribution >= 4 is 39.8 Å². The van der Waals surface area contributed by atoms with Gasteiger partial charge in [0.15, 0.2) is 15.9 Å². The summed E-state index contributed by atoms with van der Waals surface area (Å²) < 4.78 is 1.87. The molecule has 8 heteroatoms. The molecular weight excluding hydrogens is 390 g/mol. The van der Waals surface area contributed by atoms with E-state index in [4.69, 9.17) is 0 Å². The number of aromatic nitrogens is 4. The highest BCUT2D eigenvalue weighted by molar-refractivity contribution is 8.00. The van der Waals surface area contributed by atoms with E-state index in [9.17, 15) is 4.79 Å². The fourth-order valence-electron chi connectivity index (χ4n) is 2.69. The van der Waals surface area contributed by atoms with Gasteiger partial charge in [-0.25, -0.2) is 4.98 Å². The average molecular weight is 410 g/mol. The molecule has 1 atom stereocenters. The fraction of sp³-hybridized carbons (Fsp3) is 0.200. The topological polar surface area (TPSA) is 72.2 Å². The van der Waals surface area contributed by atoms with Crippen LogP contribution in [0.2, 0.25) is 0 Å². The Hall–Kier alpha value is -2.71. The van der Waals surface area contributed by atoms with E-state index in [1.165, 1.54) is 28.7 Å². The summed E-state index contributed by atoms with van der Waals surface area (Å²) in [5.41, 5.74) is 3.97. The van der Waals surface area contributed by atoms with Crippen LogP contribution in [0, 0.1) is 0 Å². The predicted molar refractivity (Wildman–Crippen MR) is 114 cm³/mol. The number of thiazole rings is 1. The van der Waals surface area contributed by atoms with E-state index in [0.717, 1.165) is 23.3 Å². The molecule has 1 N–H and O–H groups in total. The van der Waals surface area contributed by atoms with Gasteiger partial charge in [0.25, 0.3) is 0 Å². The summed E-state index contributed by atoms with van der Waals surface area (Å²) in [5.74, 6) is -0.111. The molecule has 0 fully saturated rings. The molecule has 3 heterocycles. The first-order valence-corrected chi connectivity index (χ1v) is 10.7. The van der Waals surface area contributed by atoms with Gasteiger partial charge in [0.2, 0.25) is 5.91 Å². The Morgan fingerprint density at radius 2 is 2.04 bits per heavy atom. The van der Waals surface area contributed by atoms with Gasteiger partial charge < -0.3 is 5.32 Å². The van der Waals surface area contributed by atoms with Gasteiger partial charge >= 0.3 is 0 Å². The van der Waals surface area contributed by atoms with Gasteiger partial charge in [-0.2, -0.15) is 0 Å². The number of aryl methyl sites for hydroxylation is 1. The van der Waals surface area contributed by atoms with E-state index in [1.54, 1.807) is 0 Å². The number of nitrogens with one attached hydrogen (secondary N) is 1. The van der Waals surface area contributed by atoms with Gasteiger partial charge in [0.1, 0.15) is 0 Å². The Bertz CT molecular complexity index is 1100. The number of rotatable bonds is 6. The number of fused-ring (bicyclic) bond motifs is 1. The summed E-state index contributed by atoms with van der Waals surface area (Å²) in [7, 11) is 0. The molecule has 0 saturated heterocycles. The minimum atomic E-state index is -0.330. The quantitative estimate of drug-likeness (QED) is 0.474. The molecular formula is C20H19N5OS2. The summed E-state index contributed by atoms with van der Waals surface area (Å²) in [6, 6.07) is 14.0. The predicted octanol–water partition coefficient (Wildman–Crippen LogP) is 4.53. The Morgan fingerprint density at radius 3 is 2.82 bits per heavy atom. The van der Waals surface area contributed by atoms with Gasteiger partial charge in [-0.3, -0.25) is 9.20 Å². The molecule has 0 saturated carbocycles. The third-order valence-electron chi connectivity index (χ3n) is 4.33. The van der Waals surface area contributed by atoms with Crippen LogP contribution < -0.4 is 5.32 Å². The number of nitrogens with zero attached hydrogens (tertiary/aromatic N) is 4. The van der Waals surface area contributed by atoms with Crippen LogP contribution in [0.5, 0.6) is 0 Å². The Kier molecular flexibility index (Phi) is 5.40. The second-order valence-electron chi connectivity index (χ2n) is 6.25. The summed E-state index contributed by atoms with van der Waals surface area (Å²) in [4.78, 5) is 17.1. The zero-order chi connectivity index (χ0) is 19.5. The number of carbonyl (C=O) groups is 1. The van der Waals surface area contributed by atoms with Gasteiger partial charge in [-0.05, 0) is 31.0 Å². The van der Waals surface area contributed by atoms with Crippen LogP contribution >= 0.6 is 23.1 Å². The van der Waals surface area contributed by atoms with Crippen molar-refractivity contribution in [2.24, 2.45) is 0 Å². The van der Waals surface area contributed by atoms with Gasteiger partial charge in [0, 0.05) is 17.1 Å². The van der Waals surface area contributed by atoms with Crippen LogP contribution in [-0.4, -0.2) is 30.7 Å². The Morgan fingerprint density at radius 1 is 1.21 bits per heavy atom. The molecule has 6 nitrogen and oxygen atoms in total. The van der Waals surface area contributed by atoms with E-state index < -0.39 is 0 Å². The highest BCUT2D eigenvalue weighted by atomic mass is 32.2. The summed E-state index contributed by atoms with van der Waals surface area (Å²) in [6.07, 6.45) is 2.90. The van der Waals surface area contributed by atoms with Crippen molar-refractivity contribution in [1.82, 2.24) is 19.6 Å². The normalized spacial score (nSPS) is 12.2. The lowest BCUT2D eigenvalue weighted by Gasteiger charge is -2.09. The first-order valence-electron chi connectivity index (χ1n) is 8.96. The molecule has 3 aromatic heterocycles. The molecule has 0 bridgehead atoms. The zero-order valence-corrected chi connectivity index (χ0v) is 17.1. The molecule has 0 radical (unpaired) electrons. The van der Waals surface area contributed by atoms with Crippen LogP contribution in [0.3, 0.4) is 0 Å². The highest BCUT2D eigenvalue weighted by Crippen LogP contribution is 2.27. The standard InChI is InChI=1S/C20H19N5OS2/c1-3-14-7-9-15(10-8-14)16-12-27-19(21-16)22-18(26)13(2)28-20-24-23-17-6-4-5-11-25(17)20/h4-13H,3H2,1-2H3,(H,21,22,26)/t13-/m0/s1. The Balaban J connectivity index is 1.42. The van der Waals surface area contributed by atoms with Crippen molar-refractivity contribution in [2.45, 2.75) is 30.7 Å². The third-order valence-corrected chi connectivity index (χ3v) is 6.14. The average Bonchev–Trinajstić information content (AvgIpc) is 3.35. The van der Waals surface area contributed by atoms with Crippen molar-refractivity contribution in [2.75, 3.05) is 5.32 Å². The number of pyridine rings is 1. The number of anilines is 1. The number of thioether (sulfide) groups is 1. The zero-order valence-electron chi connectivity index (χ0n) is 15.5. The van der Waals surface area contributed by atoms with Crippen molar-refractivity contribution in [3.63, 3.8) is 0 Å². The number of hydrogen-bond acceptors (Lipinski definition) is 6. The molecule has 0 spiro atoms. The molecule has 0 aliphatic rings. The molecule has 1 amide bonds. The molecule has 28 heavy (non-hydrogen) atoms. The number of amides is 1. The van der Waals surface area contributed by atoms with Crippen molar-refractivity contribution in [1.29, 1.82) is 0 Å². The fourth-order valence-corrected chi connectivity index (χ4v) is 4.25. The maximum atomic E-state index is 12.6. The number of carbonyl (C=O) groups excluding carboxylic acids is 1. The Labute approximate surface area is 171 Å².